The molecule has 0 radical (unpaired) electrons. The summed E-state index contributed by atoms with van der Waals surface area (Å²) >= 11 is 4.96. The van der Waals surface area contributed by atoms with Crippen LogP contribution in [0.5, 0.6) is 0 Å². The molecule has 1 amide bonds. The minimum Gasteiger partial charge on any atom is -0.339 e. The predicted octanol–water partition coefficient (Wildman–Crippen LogP) is 3.39. The SMILES string of the molecule is CN(C)C1CCN(C(=O)c2ccc(-c3nn4c(Br)cnc4s3)cc2)CC1. The number of piperidine rings is 1. The summed E-state index contributed by atoms with van der Waals surface area (Å²) in [7, 11) is 4.21. The molecule has 6 nitrogen and oxygen atoms in total. The average Bonchev–Trinajstić information content (AvgIpc) is 3.24. The van der Waals surface area contributed by atoms with Crippen LogP contribution in [0.15, 0.2) is 35.1 Å². The number of carbonyl (C=O) groups is 1. The second kappa shape index (κ2) is 7.09. The van der Waals surface area contributed by atoms with Crippen molar-refractivity contribution in [2.75, 3.05) is 27.2 Å². The number of likely N-dealkylation sites (tertiary alicyclic amines) is 1. The molecule has 136 valence electrons. The zero-order valence-electron chi connectivity index (χ0n) is 14.7. The fourth-order valence-electron chi connectivity index (χ4n) is 3.31. The topological polar surface area (TPSA) is 53.7 Å². The second-order valence-electron chi connectivity index (χ2n) is 6.75. The first kappa shape index (κ1) is 17.6. The molecule has 2 aromatic heterocycles. The van der Waals surface area contributed by atoms with Gasteiger partial charge >= 0.3 is 0 Å². The number of imidazole rings is 1. The van der Waals surface area contributed by atoms with Crippen LogP contribution in [0.3, 0.4) is 0 Å². The molecule has 0 saturated carbocycles. The van der Waals surface area contributed by atoms with Crippen LogP contribution < -0.4 is 0 Å². The molecule has 4 rings (SSSR count). The van der Waals surface area contributed by atoms with E-state index in [2.05, 4.69) is 45.0 Å². The van der Waals surface area contributed by atoms with Gasteiger partial charge in [-0.25, -0.2) is 4.98 Å². The van der Waals surface area contributed by atoms with Gasteiger partial charge in [0, 0.05) is 30.3 Å². The molecule has 0 atom stereocenters. The van der Waals surface area contributed by atoms with Gasteiger partial charge in [-0.3, -0.25) is 4.79 Å². The number of halogens is 1. The fourth-order valence-corrected chi connectivity index (χ4v) is 4.65. The largest absolute Gasteiger partial charge is 0.339 e. The van der Waals surface area contributed by atoms with Crippen molar-refractivity contribution in [2.45, 2.75) is 18.9 Å². The van der Waals surface area contributed by atoms with Gasteiger partial charge in [0.1, 0.15) is 9.61 Å². The molecule has 0 N–H and O–H groups in total. The van der Waals surface area contributed by atoms with Gasteiger partial charge in [0.2, 0.25) is 4.96 Å². The molecule has 0 unspecified atom stereocenters. The minimum absolute atomic E-state index is 0.116. The highest BCUT2D eigenvalue weighted by molar-refractivity contribution is 9.10. The number of fused-ring (bicyclic) bond motifs is 1. The highest BCUT2D eigenvalue weighted by atomic mass is 79.9. The smallest absolute Gasteiger partial charge is 0.253 e. The molecule has 26 heavy (non-hydrogen) atoms. The fraction of sp³-hybridized carbons (Fsp3) is 0.389. The zero-order chi connectivity index (χ0) is 18.3. The van der Waals surface area contributed by atoms with Crippen LogP contribution in [-0.2, 0) is 0 Å². The predicted molar refractivity (Wildman–Crippen MR) is 107 cm³/mol. The van der Waals surface area contributed by atoms with Crippen molar-refractivity contribution < 1.29 is 4.79 Å². The zero-order valence-corrected chi connectivity index (χ0v) is 17.1. The van der Waals surface area contributed by atoms with Crippen LogP contribution in [0.2, 0.25) is 0 Å². The van der Waals surface area contributed by atoms with E-state index in [0.717, 1.165) is 51.6 Å². The van der Waals surface area contributed by atoms with Crippen molar-refractivity contribution in [1.29, 1.82) is 0 Å². The first-order valence-electron chi connectivity index (χ1n) is 8.59. The van der Waals surface area contributed by atoms with Crippen molar-refractivity contribution in [3.63, 3.8) is 0 Å². The van der Waals surface area contributed by atoms with Gasteiger partial charge in [-0.1, -0.05) is 23.5 Å². The molecule has 0 bridgehead atoms. The van der Waals surface area contributed by atoms with Crippen molar-refractivity contribution >= 4 is 38.1 Å². The van der Waals surface area contributed by atoms with Gasteiger partial charge in [0.15, 0.2) is 0 Å². The van der Waals surface area contributed by atoms with Crippen molar-refractivity contribution in [3.8, 4) is 10.6 Å². The third kappa shape index (κ3) is 3.28. The normalized spacial score (nSPS) is 15.9. The van der Waals surface area contributed by atoms with Gasteiger partial charge in [-0.15, -0.1) is 0 Å². The molecule has 1 fully saturated rings. The Morgan fingerprint density at radius 1 is 1.23 bits per heavy atom. The standard InChI is InChI=1S/C18H20BrN5OS/c1-22(2)14-7-9-23(10-8-14)17(25)13-5-3-12(4-6-13)16-21-24-15(19)11-20-18(24)26-16/h3-6,11,14H,7-10H2,1-2H3. The lowest BCUT2D eigenvalue weighted by Gasteiger charge is -2.35. The van der Waals surface area contributed by atoms with E-state index in [-0.39, 0.29) is 5.91 Å². The number of benzene rings is 1. The summed E-state index contributed by atoms with van der Waals surface area (Å²) in [5.74, 6) is 0.116. The Morgan fingerprint density at radius 2 is 1.92 bits per heavy atom. The van der Waals surface area contributed by atoms with Gasteiger partial charge < -0.3 is 9.80 Å². The number of hydrogen-bond acceptors (Lipinski definition) is 5. The molecule has 1 saturated heterocycles. The van der Waals surface area contributed by atoms with Crippen LogP contribution in [0.25, 0.3) is 15.5 Å². The minimum atomic E-state index is 0.116. The molecule has 1 aliphatic heterocycles. The maximum absolute atomic E-state index is 12.7. The molecule has 1 aromatic carbocycles. The van der Waals surface area contributed by atoms with E-state index in [1.54, 1.807) is 10.7 Å². The Bertz CT molecular complexity index is 925. The summed E-state index contributed by atoms with van der Waals surface area (Å²) in [6.07, 6.45) is 3.80. The number of amides is 1. The van der Waals surface area contributed by atoms with Gasteiger partial charge in [0.05, 0.1) is 6.20 Å². The Hall–Kier alpha value is -1.77. The Balaban J connectivity index is 1.48. The second-order valence-corrected chi connectivity index (χ2v) is 8.52. The van der Waals surface area contributed by atoms with E-state index in [9.17, 15) is 4.79 Å². The summed E-state index contributed by atoms with van der Waals surface area (Å²) in [6, 6.07) is 8.30. The Morgan fingerprint density at radius 3 is 2.54 bits per heavy atom. The van der Waals surface area contributed by atoms with E-state index in [4.69, 9.17) is 0 Å². The summed E-state index contributed by atoms with van der Waals surface area (Å²) < 4.78 is 2.61. The van der Waals surface area contributed by atoms with Crippen LogP contribution >= 0.6 is 27.3 Å². The number of nitrogens with zero attached hydrogens (tertiary/aromatic N) is 5. The lowest BCUT2D eigenvalue weighted by molar-refractivity contribution is 0.0663. The van der Waals surface area contributed by atoms with E-state index in [1.165, 1.54) is 11.3 Å². The number of aromatic nitrogens is 3. The van der Waals surface area contributed by atoms with Crippen LogP contribution in [-0.4, -0.2) is 63.5 Å². The molecule has 0 spiro atoms. The molecule has 3 aromatic rings. The monoisotopic (exact) mass is 433 g/mol. The lowest BCUT2D eigenvalue weighted by Crippen LogP contribution is -2.44. The highest BCUT2D eigenvalue weighted by Gasteiger charge is 2.24. The van der Waals surface area contributed by atoms with Crippen molar-refractivity contribution in [1.82, 2.24) is 24.4 Å². The molecule has 8 heteroatoms. The third-order valence-electron chi connectivity index (χ3n) is 4.90. The van der Waals surface area contributed by atoms with Crippen molar-refractivity contribution in [3.05, 3.63) is 40.6 Å². The molecule has 3 heterocycles. The molecule has 1 aliphatic rings. The summed E-state index contributed by atoms with van der Waals surface area (Å²) in [5.41, 5.74) is 1.73. The number of hydrogen-bond donors (Lipinski definition) is 0. The number of rotatable bonds is 3. The van der Waals surface area contributed by atoms with Gasteiger partial charge in [0.25, 0.3) is 5.91 Å². The van der Waals surface area contributed by atoms with E-state index >= 15 is 0 Å². The van der Waals surface area contributed by atoms with E-state index in [1.807, 2.05) is 29.2 Å². The Labute approximate surface area is 164 Å². The number of carbonyl (C=O) groups excluding carboxylic acids is 1. The maximum Gasteiger partial charge on any atom is 0.253 e. The summed E-state index contributed by atoms with van der Waals surface area (Å²) in [4.78, 5) is 22.1. The quantitative estimate of drug-likeness (QED) is 0.634. The molecular weight excluding hydrogens is 414 g/mol. The summed E-state index contributed by atoms with van der Waals surface area (Å²) in [5, 5.41) is 5.45. The van der Waals surface area contributed by atoms with Crippen LogP contribution in [0.4, 0.5) is 0 Å². The first-order chi connectivity index (χ1) is 12.5. The van der Waals surface area contributed by atoms with E-state index < -0.39 is 0 Å². The van der Waals surface area contributed by atoms with Crippen LogP contribution in [0, 0.1) is 0 Å². The van der Waals surface area contributed by atoms with Gasteiger partial charge in [-0.2, -0.15) is 9.61 Å². The van der Waals surface area contributed by atoms with Gasteiger partial charge in [-0.05, 0) is 55.0 Å². The third-order valence-corrected chi connectivity index (χ3v) is 6.42. The van der Waals surface area contributed by atoms with E-state index in [0.29, 0.717) is 6.04 Å². The van der Waals surface area contributed by atoms with Crippen molar-refractivity contribution in [2.24, 2.45) is 0 Å². The summed E-state index contributed by atoms with van der Waals surface area (Å²) in [6.45, 7) is 1.64. The Kier molecular flexibility index (Phi) is 4.81. The lowest BCUT2D eigenvalue weighted by atomic mass is 10.0. The highest BCUT2D eigenvalue weighted by Crippen LogP contribution is 2.28. The molecular formula is C18H20BrN5OS. The first-order valence-corrected chi connectivity index (χ1v) is 10.2. The van der Waals surface area contributed by atoms with Crippen LogP contribution in [0.1, 0.15) is 23.2 Å². The molecule has 0 aliphatic carbocycles. The maximum atomic E-state index is 12.7. The average molecular weight is 434 g/mol.